The van der Waals surface area contributed by atoms with E-state index in [1.807, 2.05) is 42.5 Å². The molecule has 2 unspecified atom stereocenters. The minimum atomic E-state index is -0.748. The van der Waals surface area contributed by atoms with E-state index in [2.05, 4.69) is 43.3 Å². The highest BCUT2D eigenvalue weighted by Gasteiger charge is 2.49. The molecule has 2 aliphatic carbocycles. The van der Waals surface area contributed by atoms with Crippen molar-refractivity contribution in [2.45, 2.75) is 43.7 Å². The Hall–Kier alpha value is -4.41. The van der Waals surface area contributed by atoms with E-state index in [-0.39, 0.29) is 6.04 Å². The van der Waals surface area contributed by atoms with Crippen molar-refractivity contribution in [3.63, 3.8) is 0 Å². The highest BCUT2D eigenvalue weighted by atomic mass is 16.3. The van der Waals surface area contributed by atoms with E-state index in [9.17, 15) is 5.11 Å². The van der Waals surface area contributed by atoms with Gasteiger partial charge < -0.3 is 20.6 Å². The zero-order chi connectivity index (χ0) is 28.3. The van der Waals surface area contributed by atoms with E-state index in [1.165, 1.54) is 18.4 Å². The quantitative estimate of drug-likeness (QED) is 0.321. The zero-order valence-corrected chi connectivity index (χ0v) is 23.4. The van der Waals surface area contributed by atoms with Gasteiger partial charge >= 0.3 is 0 Å². The number of β-amino-alcohol motifs (C(OH)–C–C–N with tert-alkyl or cyclic N) is 1. The average Bonchev–Trinajstić information content (AvgIpc) is 3.65. The maximum atomic E-state index is 11.5. The number of aromatic nitrogens is 6. The van der Waals surface area contributed by atoms with Gasteiger partial charge in [0.25, 0.3) is 0 Å². The summed E-state index contributed by atoms with van der Waals surface area (Å²) in [6.45, 7) is 6.60. The molecule has 1 saturated carbocycles. The lowest BCUT2D eigenvalue weighted by atomic mass is 9.87. The second-order valence-electron chi connectivity index (χ2n) is 11.8. The number of anilines is 3. The Balaban J connectivity index is 1.17. The predicted octanol–water partition coefficient (Wildman–Crippen LogP) is 4.07. The molecule has 1 aromatic carbocycles. The van der Waals surface area contributed by atoms with Gasteiger partial charge in [0.15, 0.2) is 5.82 Å². The summed E-state index contributed by atoms with van der Waals surface area (Å²) >= 11 is 0. The zero-order valence-electron chi connectivity index (χ0n) is 23.4. The largest absolute Gasteiger partial charge is 0.386 e. The molecule has 3 fully saturated rings. The molecular formula is C32H33N9O. The molecule has 10 heteroatoms. The van der Waals surface area contributed by atoms with Crippen molar-refractivity contribution in [2.24, 2.45) is 5.92 Å². The number of para-hydroxylation sites is 1. The van der Waals surface area contributed by atoms with Crippen LogP contribution in [-0.4, -0.2) is 66.1 Å². The summed E-state index contributed by atoms with van der Waals surface area (Å²) in [7, 11) is 0. The van der Waals surface area contributed by atoms with E-state index in [1.54, 1.807) is 17.2 Å². The lowest BCUT2D eigenvalue weighted by Gasteiger charge is -2.39. The summed E-state index contributed by atoms with van der Waals surface area (Å²) in [6, 6.07) is 13.8. The summed E-state index contributed by atoms with van der Waals surface area (Å²) in [5, 5.41) is 22.7. The van der Waals surface area contributed by atoms with Crippen molar-refractivity contribution in [3.05, 3.63) is 84.5 Å². The standard InChI is InChI=1S/C32H33N9O/c1-20-15-24(21-7-8-21)28-25(16-20)36-29(38-30(28)40-14-11-32(42)18-33-12-10-26(32)40)22-9-13-34-27(17-22)37-31-35-19-41(39-31)23-5-3-2-4-6-23/h2-6,9,13,15,17,19,21,26,33,42H,1,7-8,10-12,14,16,18H2,(H,34,37,39). The normalized spacial score (nSPS) is 23.4. The maximum absolute atomic E-state index is 11.5. The van der Waals surface area contributed by atoms with Crippen LogP contribution in [0.3, 0.4) is 0 Å². The minimum Gasteiger partial charge on any atom is -0.386 e. The molecule has 4 aliphatic rings. The van der Waals surface area contributed by atoms with Crippen LogP contribution in [-0.2, 0) is 6.42 Å². The minimum absolute atomic E-state index is 0.0247. The smallest absolute Gasteiger partial charge is 0.248 e. The molecule has 3 aromatic heterocycles. The monoisotopic (exact) mass is 559 g/mol. The third-order valence-electron chi connectivity index (χ3n) is 8.88. The van der Waals surface area contributed by atoms with Gasteiger partial charge in [0.1, 0.15) is 18.0 Å². The van der Waals surface area contributed by atoms with Gasteiger partial charge in [-0.2, -0.15) is 4.98 Å². The van der Waals surface area contributed by atoms with E-state index >= 15 is 0 Å². The summed E-state index contributed by atoms with van der Waals surface area (Å²) in [4.78, 5) is 21.7. The molecule has 212 valence electrons. The summed E-state index contributed by atoms with van der Waals surface area (Å²) in [6.07, 6.45) is 10.4. The van der Waals surface area contributed by atoms with Crippen molar-refractivity contribution in [1.82, 2.24) is 35.0 Å². The van der Waals surface area contributed by atoms with Gasteiger partial charge in [-0.1, -0.05) is 30.9 Å². The van der Waals surface area contributed by atoms with Crippen LogP contribution in [0.5, 0.6) is 0 Å². The number of pyridine rings is 1. The number of nitrogens with zero attached hydrogens (tertiary/aromatic N) is 7. The number of nitrogens with one attached hydrogen (secondary N) is 2. The molecule has 4 aromatic rings. The number of benzene rings is 1. The summed E-state index contributed by atoms with van der Waals surface area (Å²) in [5.41, 5.74) is 5.59. The van der Waals surface area contributed by atoms with E-state index in [0.29, 0.717) is 36.5 Å². The third-order valence-corrected chi connectivity index (χ3v) is 8.88. The van der Waals surface area contributed by atoms with Crippen molar-refractivity contribution in [2.75, 3.05) is 29.9 Å². The van der Waals surface area contributed by atoms with Gasteiger partial charge in [-0.05, 0) is 73.6 Å². The number of aliphatic hydroxyl groups is 1. The van der Waals surface area contributed by atoms with E-state index < -0.39 is 5.60 Å². The van der Waals surface area contributed by atoms with E-state index in [4.69, 9.17) is 9.97 Å². The van der Waals surface area contributed by atoms with Crippen molar-refractivity contribution >= 4 is 23.2 Å². The molecule has 0 amide bonds. The second-order valence-corrected chi connectivity index (χ2v) is 11.8. The fourth-order valence-electron chi connectivity index (χ4n) is 6.66. The summed E-state index contributed by atoms with van der Waals surface area (Å²) in [5.74, 6) is 3.18. The highest BCUT2D eigenvalue weighted by Crippen LogP contribution is 2.49. The number of rotatable bonds is 6. The molecule has 8 rings (SSSR count). The Bertz CT molecular complexity index is 1710. The van der Waals surface area contributed by atoms with Gasteiger partial charge in [0, 0.05) is 36.8 Å². The van der Waals surface area contributed by atoms with Gasteiger partial charge in [-0.3, -0.25) is 0 Å². The van der Waals surface area contributed by atoms with Crippen molar-refractivity contribution in [3.8, 4) is 17.1 Å². The SMILES string of the molecule is C=C1C=C(C2CC2)c2c(nc(-c3ccnc(Nc4ncn(-c5ccccc5)n4)c3)nc2N2CCC3(O)CNCCC23)C1. The number of hydrogen-bond donors (Lipinski definition) is 3. The first kappa shape index (κ1) is 25.3. The van der Waals surface area contributed by atoms with Crippen molar-refractivity contribution < 1.29 is 5.11 Å². The van der Waals surface area contributed by atoms with Gasteiger partial charge in [0.05, 0.1) is 23.0 Å². The Kier molecular flexibility index (Phi) is 5.94. The Morgan fingerprint density at radius 1 is 1.07 bits per heavy atom. The van der Waals surface area contributed by atoms with Gasteiger partial charge in [-0.15, -0.1) is 5.10 Å². The number of allylic oxidation sites excluding steroid dienone is 3. The topological polar surface area (TPSA) is 117 Å². The summed E-state index contributed by atoms with van der Waals surface area (Å²) < 4.78 is 1.72. The van der Waals surface area contributed by atoms with Crippen LogP contribution in [0.4, 0.5) is 17.6 Å². The molecule has 42 heavy (non-hydrogen) atoms. The molecule has 3 N–H and O–H groups in total. The van der Waals surface area contributed by atoms with Gasteiger partial charge in [0.2, 0.25) is 5.95 Å². The van der Waals surface area contributed by atoms with Gasteiger partial charge in [-0.25, -0.2) is 19.6 Å². The molecule has 0 bridgehead atoms. The molecule has 2 atom stereocenters. The van der Waals surface area contributed by atoms with Crippen LogP contribution in [0, 0.1) is 5.92 Å². The maximum Gasteiger partial charge on any atom is 0.248 e. The molecule has 2 saturated heterocycles. The Morgan fingerprint density at radius 2 is 1.95 bits per heavy atom. The molecule has 0 radical (unpaired) electrons. The molecular weight excluding hydrogens is 526 g/mol. The third kappa shape index (κ3) is 4.47. The predicted molar refractivity (Wildman–Crippen MR) is 162 cm³/mol. The van der Waals surface area contributed by atoms with Crippen LogP contribution in [0.1, 0.15) is 36.9 Å². The van der Waals surface area contributed by atoms with Crippen LogP contribution >= 0.6 is 0 Å². The number of piperidine rings is 1. The first-order valence-corrected chi connectivity index (χ1v) is 14.7. The van der Waals surface area contributed by atoms with Crippen LogP contribution in [0.2, 0.25) is 0 Å². The number of hydrogen-bond acceptors (Lipinski definition) is 9. The van der Waals surface area contributed by atoms with Crippen LogP contribution < -0.4 is 15.5 Å². The van der Waals surface area contributed by atoms with Crippen LogP contribution in [0.25, 0.3) is 22.6 Å². The molecule has 10 nitrogen and oxygen atoms in total. The first-order chi connectivity index (χ1) is 20.5. The average molecular weight is 560 g/mol. The van der Waals surface area contributed by atoms with Crippen LogP contribution in [0.15, 0.2) is 73.2 Å². The first-order valence-electron chi connectivity index (χ1n) is 14.7. The van der Waals surface area contributed by atoms with E-state index in [0.717, 1.165) is 59.8 Å². The fraction of sp³-hybridized carbons (Fsp3) is 0.344. The lowest BCUT2D eigenvalue weighted by Crippen LogP contribution is -2.56. The number of fused-ring (bicyclic) bond motifs is 2. The Labute approximate surface area is 244 Å². The molecule has 2 aliphatic heterocycles. The lowest BCUT2D eigenvalue weighted by molar-refractivity contribution is 0.0159. The fourth-order valence-corrected chi connectivity index (χ4v) is 6.66. The molecule has 0 spiro atoms. The second kappa shape index (κ2) is 9.85. The highest BCUT2D eigenvalue weighted by molar-refractivity contribution is 5.84. The van der Waals surface area contributed by atoms with Crippen molar-refractivity contribution in [1.29, 1.82) is 0 Å². The Morgan fingerprint density at radius 3 is 2.81 bits per heavy atom. The molecule has 5 heterocycles.